The highest BCUT2D eigenvalue weighted by Gasteiger charge is 2.03. The van der Waals surface area contributed by atoms with Gasteiger partial charge in [-0.05, 0) is 23.3 Å². The van der Waals surface area contributed by atoms with Crippen molar-refractivity contribution in [2.24, 2.45) is 0 Å². The molecule has 0 bridgehead atoms. The molecule has 0 amide bonds. The lowest BCUT2D eigenvalue weighted by molar-refractivity contribution is 0.474. The fourth-order valence-corrected chi connectivity index (χ4v) is 1.97. The molecule has 0 saturated carbocycles. The summed E-state index contributed by atoms with van der Waals surface area (Å²) < 4.78 is 5.30. The van der Waals surface area contributed by atoms with Gasteiger partial charge in [-0.1, -0.05) is 42.5 Å². The Kier molecular flexibility index (Phi) is 2.61. The molecule has 0 atom stereocenters. The van der Waals surface area contributed by atoms with Crippen LogP contribution in [-0.2, 0) is 0 Å². The van der Waals surface area contributed by atoms with Gasteiger partial charge in [-0.25, -0.2) is 0 Å². The Morgan fingerprint density at radius 1 is 0.944 bits per heavy atom. The molecule has 88 valence electrons. The van der Waals surface area contributed by atoms with Crippen LogP contribution in [0.4, 0.5) is 0 Å². The van der Waals surface area contributed by atoms with Crippen LogP contribution in [0, 0.1) is 0 Å². The molecular weight excluding hydrogens is 224 g/mol. The molecule has 3 rings (SSSR count). The molecular formula is C16H12O2. The predicted molar refractivity (Wildman–Crippen MR) is 73.2 cm³/mol. The summed E-state index contributed by atoms with van der Waals surface area (Å²) in [5.41, 5.74) is 2.77. The van der Waals surface area contributed by atoms with Crippen LogP contribution in [0.2, 0.25) is 0 Å². The van der Waals surface area contributed by atoms with E-state index in [0.717, 1.165) is 16.5 Å². The van der Waals surface area contributed by atoms with Crippen molar-refractivity contribution in [1.29, 1.82) is 0 Å². The fourth-order valence-electron chi connectivity index (χ4n) is 1.97. The van der Waals surface area contributed by atoms with Crippen molar-refractivity contribution in [3.63, 3.8) is 0 Å². The van der Waals surface area contributed by atoms with E-state index in [0.29, 0.717) is 5.58 Å². The van der Waals surface area contributed by atoms with E-state index < -0.39 is 0 Å². The second-order valence-corrected chi connectivity index (χ2v) is 4.11. The minimum Gasteiger partial charge on any atom is -0.508 e. The number of hydrogen-bond donors (Lipinski definition) is 1. The molecule has 0 saturated heterocycles. The first kappa shape index (κ1) is 10.7. The van der Waals surface area contributed by atoms with Crippen LogP contribution in [0.3, 0.4) is 0 Å². The average Bonchev–Trinajstić information content (AvgIpc) is 2.85. The Morgan fingerprint density at radius 2 is 1.78 bits per heavy atom. The second kappa shape index (κ2) is 4.41. The van der Waals surface area contributed by atoms with Crippen LogP contribution in [0.15, 0.2) is 59.2 Å². The normalized spacial score (nSPS) is 11.3. The average molecular weight is 236 g/mol. The maximum absolute atomic E-state index is 9.63. The number of hydrogen-bond acceptors (Lipinski definition) is 2. The maximum Gasteiger partial charge on any atom is 0.138 e. The summed E-state index contributed by atoms with van der Waals surface area (Å²) in [6.45, 7) is 0. The minimum absolute atomic E-state index is 0.213. The summed E-state index contributed by atoms with van der Waals surface area (Å²) in [6.07, 6.45) is 5.62. The SMILES string of the molecule is Oc1cc(C=Cc2ccccc2)c2ccoc2c1. The lowest BCUT2D eigenvalue weighted by atomic mass is 10.1. The van der Waals surface area contributed by atoms with Gasteiger partial charge >= 0.3 is 0 Å². The summed E-state index contributed by atoms with van der Waals surface area (Å²) >= 11 is 0. The van der Waals surface area contributed by atoms with Gasteiger partial charge < -0.3 is 9.52 Å². The number of aromatic hydroxyl groups is 1. The Balaban J connectivity index is 2.04. The Morgan fingerprint density at radius 3 is 2.61 bits per heavy atom. The van der Waals surface area contributed by atoms with E-state index in [-0.39, 0.29) is 5.75 Å². The first-order valence-corrected chi connectivity index (χ1v) is 5.76. The highest BCUT2D eigenvalue weighted by Crippen LogP contribution is 2.27. The largest absolute Gasteiger partial charge is 0.508 e. The molecule has 2 heteroatoms. The molecule has 0 aliphatic carbocycles. The molecule has 1 aromatic heterocycles. The number of rotatable bonds is 2. The van der Waals surface area contributed by atoms with Crippen molar-refractivity contribution >= 4 is 23.1 Å². The molecule has 2 nitrogen and oxygen atoms in total. The third-order valence-electron chi connectivity index (χ3n) is 2.84. The molecule has 1 N–H and O–H groups in total. The Labute approximate surface area is 105 Å². The van der Waals surface area contributed by atoms with Gasteiger partial charge in [0.05, 0.1) is 6.26 Å². The van der Waals surface area contributed by atoms with Crippen LogP contribution >= 0.6 is 0 Å². The zero-order valence-electron chi connectivity index (χ0n) is 9.71. The second-order valence-electron chi connectivity index (χ2n) is 4.11. The fraction of sp³-hybridized carbons (Fsp3) is 0. The maximum atomic E-state index is 9.63. The van der Waals surface area contributed by atoms with Gasteiger partial charge in [0.25, 0.3) is 0 Å². The molecule has 2 aromatic carbocycles. The molecule has 1 heterocycles. The summed E-state index contributed by atoms with van der Waals surface area (Å²) in [5, 5.41) is 10.6. The number of phenolic OH excluding ortho intramolecular Hbond substituents is 1. The van der Waals surface area contributed by atoms with Crippen molar-refractivity contribution in [3.05, 3.63) is 65.9 Å². The van der Waals surface area contributed by atoms with Crippen LogP contribution < -0.4 is 0 Å². The summed E-state index contributed by atoms with van der Waals surface area (Å²) in [6, 6.07) is 15.3. The number of fused-ring (bicyclic) bond motifs is 1. The van der Waals surface area contributed by atoms with Gasteiger partial charge in [-0.3, -0.25) is 0 Å². The Hall–Kier alpha value is -2.48. The summed E-state index contributed by atoms with van der Waals surface area (Å²) in [5.74, 6) is 0.213. The zero-order valence-corrected chi connectivity index (χ0v) is 9.71. The first-order chi connectivity index (χ1) is 8.83. The van der Waals surface area contributed by atoms with E-state index >= 15 is 0 Å². The highest BCUT2D eigenvalue weighted by molar-refractivity contribution is 5.91. The van der Waals surface area contributed by atoms with Crippen LogP contribution in [0.25, 0.3) is 23.1 Å². The van der Waals surface area contributed by atoms with Crippen LogP contribution in [0.5, 0.6) is 5.75 Å². The number of benzene rings is 2. The van der Waals surface area contributed by atoms with Gasteiger partial charge in [0, 0.05) is 11.5 Å². The number of phenols is 1. The van der Waals surface area contributed by atoms with E-state index in [4.69, 9.17) is 4.42 Å². The van der Waals surface area contributed by atoms with Crippen LogP contribution in [0.1, 0.15) is 11.1 Å². The van der Waals surface area contributed by atoms with Gasteiger partial charge in [0.1, 0.15) is 11.3 Å². The van der Waals surface area contributed by atoms with E-state index in [1.807, 2.05) is 48.6 Å². The van der Waals surface area contributed by atoms with E-state index in [1.165, 1.54) is 0 Å². The lowest BCUT2D eigenvalue weighted by Crippen LogP contribution is -1.75. The molecule has 0 spiro atoms. The lowest BCUT2D eigenvalue weighted by Gasteiger charge is -1.98. The van der Waals surface area contributed by atoms with Crippen molar-refractivity contribution < 1.29 is 9.52 Å². The molecule has 0 radical (unpaired) electrons. The Bertz CT molecular complexity index is 693. The zero-order chi connectivity index (χ0) is 12.4. The quantitative estimate of drug-likeness (QED) is 0.672. The van der Waals surface area contributed by atoms with Gasteiger partial charge in [-0.2, -0.15) is 0 Å². The number of furan rings is 1. The van der Waals surface area contributed by atoms with Gasteiger partial charge in [0.15, 0.2) is 0 Å². The third-order valence-corrected chi connectivity index (χ3v) is 2.84. The monoisotopic (exact) mass is 236 g/mol. The van der Waals surface area contributed by atoms with Crippen molar-refractivity contribution in [2.45, 2.75) is 0 Å². The molecule has 0 aliphatic rings. The van der Waals surface area contributed by atoms with Crippen LogP contribution in [-0.4, -0.2) is 5.11 Å². The molecule has 0 unspecified atom stereocenters. The standard InChI is InChI=1S/C16H12O2/c17-14-10-13(15-8-9-18-16(15)11-14)7-6-12-4-2-1-3-5-12/h1-11,17H. The predicted octanol–water partition coefficient (Wildman–Crippen LogP) is 4.31. The summed E-state index contributed by atoms with van der Waals surface area (Å²) in [7, 11) is 0. The smallest absolute Gasteiger partial charge is 0.138 e. The van der Waals surface area contributed by atoms with Gasteiger partial charge in [0.2, 0.25) is 0 Å². The highest BCUT2D eigenvalue weighted by atomic mass is 16.3. The molecule has 0 fully saturated rings. The van der Waals surface area contributed by atoms with Crippen molar-refractivity contribution in [3.8, 4) is 5.75 Å². The van der Waals surface area contributed by atoms with E-state index in [1.54, 1.807) is 18.4 Å². The first-order valence-electron chi connectivity index (χ1n) is 5.76. The summed E-state index contributed by atoms with van der Waals surface area (Å²) in [4.78, 5) is 0. The van der Waals surface area contributed by atoms with E-state index in [2.05, 4.69) is 0 Å². The van der Waals surface area contributed by atoms with Gasteiger partial charge in [-0.15, -0.1) is 0 Å². The molecule has 3 aromatic rings. The molecule has 18 heavy (non-hydrogen) atoms. The topological polar surface area (TPSA) is 33.4 Å². The minimum atomic E-state index is 0.213. The molecule has 0 aliphatic heterocycles. The van der Waals surface area contributed by atoms with E-state index in [9.17, 15) is 5.11 Å². The third kappa shape index (κ3) is 2.00. The van der Waals surface area contributed by atoms with Crippen molar-refractivity contribution in [1.82, 2.24) is 0 Å². The van der Waals surface area contributed by atoms with Crippen molar-refractivity contribution in [2.75, 3.05) is 0 Å².